The number of rotatable bonds is 3. The van der Waals surface area contributed by atoms with Gasteiger partial charge in [0.05, 0.1) is 35.0 Å². The van der Waals surface area contributed by atoms with Gasteiger partial charge in [-0.3, -0.25) is 4.79 Å². The summed E-state index contributed by atoms with van der Waals surface area (Å²) in [6, 6.07) is 5.65. The zero-order valence-electron chi connectivity index (χ0n) is 12.0. The first kappa shape index (κ1) is 13.6. The summed E-state index contributed by atoms with van der Waals surface area (Å²) in [6.45, 7) is 0. The second-order valence-electron chi connectivity index (χ2n) is 5.31. The Morgan fingerprint density at radius 2 is 2.33 bits per heavy atom. The van der Waals surface area contributed by atoms with Gasteiger partial charge in [0, 0.05) is 26.4 Å². The first-order chi connectivity index (χ1) is 10.1. The Bertz CT molecular complexity index is 725. The van der Waals surface area contributed by atoms with Crippen molar-refractivity contribution in [1.29, 1.82) is 5.26 Å². The fourth-order valence-electron chi connectivity index (χ4n) is 2.62. The zero-order valence-corrected chi connectivity index (χ0v) is 12.0. The van der Waals surface area contributed by atoms with E-state index in [0.717, 1.165) is 12.8 Å². The van der Waals surface area contributed by atoms with Gasteiger partial charge in [0.1, 0.15) is 0 Å². The van der Waals surface area contributed by atoms with Gasteiger partial charge in [0.2, 0.25) is 0 Å². The second-order valence-corrected chi connectivity index (χ2v) is 5.31. The molecule has 0 bridgehead atoms. The third-order valence-electron chi connectivity index (χ3n) is 4.15. The Balaban J connectivity index is 1.86. The van der Waals surface area contributed by atoms with Crippen molar-refractivity contribution in [2.45, 2.75) is 25.0 Å². The maximum atomic E-state index is 12.6. The molecule has 2 heterocycles. The van der Waals surface area contributed by atoms with Gasteiger partial charge in [0.15, 0.2) is 0 Å². The summed E-state index contributed by atoms with van der Waals surface area (Å²) >= 11 is 0. The molecule has 21 heavy (non-hydrogen) atoms. The molecule has 0 saturated heterocycles. The minimum absolute atomic E-state index is 0.0698. The Morgan fingerprint density at radius 1 is 1.57 bits per heavy atom. The van der Waals surface area contributed by atoms with E-state index >= 15 is 0 Å². The van der Waals surface area contributed by atoms with Crippen molar-refractivity contribution >= 4 is 11.4 Å². The number of methoxy groups -OCH3 is 1. The summed E-state index contributed by atoms with van der Waals surface area (Å²) in [6.07, 6.45) is 5.22. The minimum atomic E-state index is -0.0698. The monoisotopic (exact) mass is 284 g/mol. The number of hydrogen-bond donors (Lipinski definition) is 0. The summed E-state index contributed by atoms with van der Waals surface area (Å²) in [5, 5.41) is 13.1. The summed E-state index contributed by atoms with van der Waals surface area (Å²) in [4.78, 5) is 14.3. The highest BCUT2D eigenvalue weighted by atomic mass is 16.5. The van der Waals surface area contributed by atoms with Gasteiger partial charge in [-0.1, -0.05) is 0 Å². The molecule has 0 radical (unpaired) electrons. The highest BCUT2D eigenvalue weighted by Crippen LogP contribution is 2.28. The molecule has 1 aliphatic rings. The van der Waals surface area contributed by atoms with E-state index < -0.39 is 0 Å². The summed E-state index contributed by atoms with van der Waals surface area (Å²) < 4.78 is 6.86. The van der Waals surface area contributed by atoms with Crippen molar-refractivity contribution in [1.82, 2.24) is 14.5 Å². The highest BCUT2D eigenvalue weighted by molar-refractivity contribution is 6.00. The molecule has 2 aromatic heterocycles. The number of aromatic nitrogens is 2. The fraction of sp³-hybridized carbons (Fsp3) is 0.400. The van der Waals surface area contributed by atoms with Crippen molar-refractivity contribution in [3.63, 3.8) is 0 Å². The number of hydrogen-bond acceptors (Lipinski definition) is 4. The first-order valence-corrected chi connectivity index (χ1v) is 6.81. The van der Waals surface area contributed by atoms with Crippen LogP contribution in [0.3, 0.4) is 0 Å². The largest absolute Gasteiger partial charge is 0.381 e. The van der Waals surface area contributed by atoms with Crippen LogP contribution in [0.4, 0.5) is 0 Å². The molecular weight excluding hydrogens is 268 g/mol. The second kappa shape index (κ2) is 5.19. The normalized spacial score (nSPS) is 20.8. The average Bonchev–Trinajstić information content (AvgIpc) is 2.87. The molecule has 1 fully saturated rings. The molecule has 0 spiro atoms. The molecule has 1 saturated carbocycles. The van der Waals surface area contributed by atoms with Crippen LogP contribution in [0.15, 0.2) is 24.5 Å². The highest BCUT2D eigenvalue weighted by Gasteiger charge is 2.35. The number of carbonyl (C=O) groups excluding carboxylic acids is 1. The van der Waals surface area contributed by atoms with Gasteiger partial charge >= 0.3 is 0 Å². The number of fused-ring (bicyclic) bond motifs is 1. The van der Waals surface area contributed by atoms with Crippen molar-refractivity contribution in [2.24, 2.45) is 0 Å². The van der Waals surface area contributed by atoms with Crippen LogP contribution >= 0.6 is 0 Å². The Morgan fingerprint density at radius 3 is 3.00 bits per heavy atom. The predicted molar refractivity (Wildman–Crippen MR) is 75.8 cm³/mol. The number of carbonyl (C=O) groups is 1. The van der Waals surface area contributed by atoms with Crippen LogP contribution < -0.4 is 0 Å². The Labute approximate surface area is 122 Å². The maximum absolute atomic E-state index is 12.6. The van der Waals surface area contributed by atoms with E-state index in [1.807, 2.05) is 0 Å². The summed E-state index contributed by atoms with van der Waals surface area (Å²) in [5.41, 5.74) is 1.70. The lowest BCUT2D eigenvalue weighted by Gasteiger charge is -2.40. The molecule has 0 aliphatic heterocycles. The van der Waals surface area contributed by atoms with Crippen molar-refractivity contribution in [3.05, 3.63) is 35.7 Å². The van der Waals surface area contributed by atoms with Gasteiger partial charge in [-0.15, -0.1) is 0 Å². The quantitative estimate of drug-likeness (QED) is 0.855. The molecule has 0 atom stereocenters. The third-order valence-corrected chi connectivity index (χ3v) is 4.15. The molecule has 108 valence electrons. The Kier molecular flexibility index (Phi) is 3.35. The average molecular weight is 284 g/mol. The third kappa shape index (κ3) is 2.26. The topological polar surface area (TPSA) is 70.6 Å². The van der Waals surface area contributed by atoms with Crippen LogP contribution in [-0.2, 0) is 4.74 Å². The first-order valence-electron chi connectivity index (χ1n) is 6.81. The molecule has 0 N–H and O–H groups in total. The number of nitrogens with zero attached hydrogens (tertiary/aromatic N) is 4. The van der Waals surface area contributed by atoms with E-state index in [1.54, 1.807) is 48.1 Å². The van der Waals surface area contributed by atoms with E-state index in [0.29, 0.717) is 16.6 Å². The van der Waals surface area contributed by atoms with E-state index in [1.165, 1.54) is 0 Å². The summed E-state index contributed by atoms with van der Waals surface area (Å²) in [7, 11) is 3.49. The Hall–Kier alpha value is -2.39. The van der Waals surface area contributed by atoms with Gasteiger partial charge in [-0.2, -0.15) is 10.4 Å². The fourth-order valence-corrected chi connectivity index (χ4v) is 2.62. The lowest BCUT2D eigenvalue weighted by molar-refractivity contribution is -0.0144. The lowest BCUT2D eigenvalue weighted by Crippen LogP contribution is -2.48. The van der Waals surface area contributed by atoms with E-state index in [-0.39, 0.29) is 18.1 Å². The van der Waals surface area contributed by atoms with E-state index in [2.05, 4.69) is 11.2 Å². The smallest absolute Gasteiger partial charge is 0.257 e. The number of pyridine rings is 1. The molecule has 6 heteroatoms. The predicted octanol–water partition coefficient (Wildman–Crippen LogP) is 1.46. The molecule has 0 aromatic carbocycles. The maximum Gasteiger partial charge on any atom is 0.257 e. The van der Waals surface area contributed by atoms with Gasteiger partial charge in [-0.25, -0.2) is 4.52 Å². The van der Waals surface area contributed by atoms with Crippen LogP contribution in [0.2, 0.25) is 0 Å². The van der Waals surface area contributed by atoms with Crippen LogP contribution in [0.25, 0.3) is 5.52 Å². The molecule has 3 rings (SSSR count). The zero-order chi connectivity index (χ0) is 15.0. The number of nitriles is 1. The summed E-state index contributed by atoms with van der Waals surface area (Å²) in [5.74, 6) is -0.0698. The van der Waals surface area contributed by atoms with Crippen molar-refractivity contribution in [3.8, 4) is 6.07 Å². The van der Waals surface area contributed by atoms with Crippen molar-refractivity contribution < 1.29 is 9.53 Å². The van der Waals surface area contributed by atoms with Crippen molar-refractivity contribution in [2.75, 3.05) is 14.2 Å². The molecule has 2 aromatic rings. The number of amides is 1. The van der Waals surface area contributed by atoms with Gasteiger partial charge in [0.25, 0.3) is 5.91 Å². The lowest BCUT2D eigenvalue weighted by atomic mass is 9.88. The van der Waals surface area contributed by atoms with E-state index in [4.69, 9.17) is 10.00 Å². The molecule has 1 amide bonds. The van der Waals surface area contributed by atoms with Gasteiger partial charge < -0.3 is 9.64 Å². The van der Waals surface area contributed by atoms with Crippen LogP contribution in [0.1, 0.15) is 28.8 Å². The van der Waals surface area contributed by atoms with Gasteiger partial charge in [-0.05, 0) is 25.0 Å². The van der Waals surface area contributed by atoms with Crippen LogP contribution in [0, 0.1) is 11.3 Å². The van der Waals surface area contributed by atoms with Crippen LogP contribution in [-0.4, -0.2) is 46.7 Å². The molecular formula is C15H16N4O2. The number of ether oxygens (including phenoxy) is 1. The molecule has 1 aliphatic carbocycles. The SMILES string of the molecule is COC1CC(N(C)C(=O)c2cnn3ccc(C#N)cc23)C1. The van der Waals surface area contributed by atoms with Crippen LogP contribution in [0.5, 0.6) is 0 Å². The standard InChI is InChI=1S/C15H16N4O2/c1-18(11-6-12(7-11)21-2)15(20)13-9-17-19-4-3-10(8-16)5-14(13)19/h3-5,9,11-12H,6-7H2,1-2H3. The molecule has 0 unspecified atom stereocenters. The van der Waals surface area contributed by atoms with E-state index in [9.17, 15) is 4.79 Å². The minimum Gasteiger partial charge on any atom is -0.381 e. The molecule has 6 nitrogen and oxygen atoms in total.